The van der Waals surface area contributed by atoms with Gasteiger partial charge in [-0.3, -0.25) is 0 Å². The van der Waals surface area contributed by atoms with Gasteiger partial charge in [-0.25, -0.2) is 0 Å². The molecule has 3 aromatic rings. The molecule has 0 aliphatic heterocycles. The average Bonchev–Trinajstić information content (AvgIpc) is 3.62. The highest BCUT2D eigenvalue weighted by Crippen LogP contribution is 2.48. The molecule has 0 saturated heterocycles. The Kier molecular flexibility index (Phi) is 18.6. The van der Waals surface area contributed by atoms with Crippen molar-refractivity contribution < 1.29 is 0 Å². The molecule has 2 aliphatic carbocycles. The molecule has 0 heterocycles. The van der Waals surface area contributed by atoms with Crippen LogP contribution < -0.4 is 0 Å². The molecule has 0 radical (unpaired) electrons. The second-order valence-corrected chi connectivity index (χ2v) is 16.8. The molecule has 3 aromatic carbocycles. The molecule has 5 rings (SSSR count). The molecule has 1 nitrogen and oxygen atoms in total. The molecule has 0 aromatic heterocycles. The number of benzene rings is 3. The summed E-state index contributed by atoms with van der Waals surface area (Å²) in [4.78, 5) is 2.39. The summed E-state index contributed by atoms with van der Waals surface area (Å²) in [7, 11) is 0. The molecule has 320 valence electrons. The monoisotopic (exact) mass is 818 g/mol. The Labute approximate surface area is 376 Å². The normalized spacial score (nSPS) is 18.9. The zero-order chi connectivity index (χ0) is 44.2. The molecule has 2 aliphatic rings. The third-order valence-electron chi connectivity index (χ3n) is 12.5. The molecule has 0 saturated carbocycles. The van der Waals surface area contributed by atoms with Crippen LogP contribution in [0.2, 0.25) is 0 Å². The molecule has 0 bridgehead atoms. The number of hydrogen-bond acceptors (Lipinski definition) is 1. The van der Waals surface area contributed by atoms with E-state index in [9.17, 15) is 0 Å². The van der Waals surface area contributed by atoms with Crippen LogP contribution in [-0.4, -0.2) is 11.4 Å². The summed E-state index contributed by atoms with van der Waals surface area (Å²) in [5, 5.41) is 0. The average molecular weight is 818 g/mol. The van der Waals surface area contributed by atoms with Gasteiger partial charge < -0.3 is 4.90 Å². The number of unbranched alkanes of at least 4 members (excludes halogenated alkanes) is 1. The predicted molar refractivity (Wildman–Crippen MR) is 274 cm³/mol. The highest BCUT2D eigenvalue weighted by atomic mass is 15.1. The fourth-order valence-corrected chi connectivity index (χ4v) is 8.76. The summed E-state index contributed by atoms with van der Waals surface area (Å²) in [5.41, 5.74) is 13.6. The number of rotatable bonds is 24. The lowest BCUT2D eigenvalue weighted by Crippen LogP contribution is -2.21. The third kappa shape index (κ3) is 12.8. The largest absolute Gasteiger partial charge is 0.342 e. The maximum Gasteiger partial charge on any atom is 0.0574 e. The second-order valence-electron chi connectivity index (χ2n) is 16.8. The van der Waals surface area contributed by atoms with Crippen LogP contribution in [0.4, 0.5) is 0 Å². The van der Waals surface area contributed by atoms with Crippen LogP contribution in [0.1, 0.15) is 106 Å². The number of aryl methyl sites for hydroxylation is 1. The summed E-state index contributed by atoms with van der Waals surface area (Å²) in [5.74, 6) is 1.13. The molecule has 0 fully saturated rings. The predicted octanol–water partition coefficient (Wildman–Crippen LogP) is 16.7. The third-order valence-corrected chi connectivity index (χ3v) is 12.5. The van der Waals surface area contributed by atoms with Crippen molar-refractivity contribution in [2.45, 2.75) is 90.9 Å². The van der Waals surface area contributed by atoms with Gasteiger partial charge in [-0.1, -0.05) is 189 Å². The molecule has 3 unspecified atom stereocenters. The van der Waals surface area contributed by atoms with Crippen molar-refractivity contribution in [1.29, 1.82) is 0 Å². The van der Waals surface area contributed by atoms with E-state index in [0.29, 0.717) is 11.8 Å². The zero-order valence-corrected chi connectivity index (χ0v) is 38.2. The Morgan fingerprint density at radius 1 is 0.806 bits per heavy atom. The number of nitrogens with zero attached hydrogens (tertiary/aromatic N) is 1. The minimum Gasteiger partial charge on any atom is -0.342 e. The van der Waals surface area contributed by atoms with E-state index in [1.165, 1.54) is 50.1 Å². The molecule has 3 atom stereocenters. The Hall–Kier alpha value is -5.92. The lowest BCUT2D eigenvalue weighted by molar-refractivity contribution is 0.419. The molecule has 0 spiro atoms. The first-order chi connectivity index (χ1) is 30.2. The van der Waals surface area contributed by atoms with E-state index in [1.807, 2.05) is 12.2 Å². The summed E-state index contributed by atoms with van der Waals surface area (Å²) in [6, 6.07) is 26.7. The first-order valence-corrected chi connectivity index (χ1v) is 22.9. The first kappa shape index (κ1) is 47.1. The van der Waals surface area contributed by atoms with E-state index < -0.39 is 0 Å². The van der Waals surface area contributed by atoms with E-state index in [2.05, 4.69) is 216 Å². The maximum absolute atomic E-state index is 4.76. The molecule has 0 amide bonds. The molecule has 1 heteroatoms. The van der Waals surface area contributed by atoms with Gasteiger partial charge in [0.05, 0.1) is 5.41 Å². The van der Waals surface area contributed by atoms with Crippen LogP contribution >= 0.6 is 0 Å². The van der Waals surface area contributed by atoms with Gasteiger partial charge in [0, 0.05) is 17.9 Å². The smallest absolute Gasteiger partial charge is 0.0574 e. The lowest BCUT2D eigenvalue weighted by atomic mass is 9.76. The van der Waals surface area contributed by atoms with Gasteiger partial charge >= 0.3 is 0 Å². The van der Waals surface area contributed by atoms with Crippen LogP contribution in [0.3, 0.4) is 0 Å². The molecular weight excluding hydrogens is 747 g/mol. The van der Waals surface area contributed by atoms with Gasteiger partial charge in [-0.2, -0.15) is 0 Å². The summed E-state index contributed by atoms with van der Waals surface area (Å²) in [6.45, 7) is 26.5. The minimum absolute atomic E-state index is 0.316. The van der Waals surface area contributed by atoms with E-state index in [0.717, 1.165) is 75.7 Å². The molecular formula is C61H71N. The fourth-order valence-electron chi connectivity index (χ4n) is 8.76. The molecule has 0 N–H and O–H groups in total. The fraction of sp³-hybridized carbons (Fsp3) is 0.279. The van der Waals surface area contributed by atoms with Gasteiger partial charge in [-0.05, 0) is 148 Å². The van der Waals surface area contributed by atoms with Crippen LogP contribution in [-0.2, 0) is 11.8 Å². The summed E-state index contributed by atoms with van der Waals surface area (Å²) >= 11 is 0. The van der Waals surface area contributed by atoms with Crippen molar-refractivity contribution >= 4 is 11.6 Å². The van der Waals surface area contributed by atoms with Gasteiger partial charge in [0.1, 0.15) is 0 Å². The van der Waals surface area contributed by atoms with Gasteiger partial charge in [0.15, 0.2) is 0 Å². The topological polar surface area (TPSA) is 3.24 Å². The van der Waals surface area contributed by atoms with Crippen molar-refractivity contribution in [2.24, 2.45) is 11.8 Å². The van der Waals surface area contributed by atoms with E-state index in [-0.39, 0.29) is 5.41 Å². The minimum atomic E-state index is -0.316. The second kappa shape index (κ2) is 24.5. The zero-order valence-electron chi connectivity index (χ0n) is 38.2. The van der Waals surface area contributed by atoms with E-state index in [4.69, 9.17) is 6.58 Å². The van der Waals surface area contributed by atoms with Gasteiger partial charge in [0.25, 0.3) is 0 Å². The Morgan fingerprint density at radius 2 is 1.55 bits per heavy atom. The summed E-state index contributed by atoms with van der Waals surface area (Å²) < 4.78 is 0. The van der Waals surface area contributed by atoms with Crippen molar-refractivity contribution in [2.75, 3.05) is 6.54 Å². The summed E-state index contributed by atoms with van der Waals surface area (Å²) in [6.07, 6.45) is 47.0. The van der Waals surface area contributed by atoms with Crippen molar-refractivity contribution in [3.8, 4) is 0 Å². The van der Waals surface area contributed by atoms with Gasteiger partial charge in [0.2, 0.25) is 0 Å². The Morgan fingerprint density at radius 3 is 2.29 bits per heavy atom. The molecule has 62 heavy (non-hydrogen) atoms. The quantitative estimate of drug-likeness (QED) is 0.0494. The van der Waals surface area contributed by atoms with Crippen molar-refractivity contribution in [1.82, 2.24) is 4.90 Å². The lowest BCUT2D eigenvalue weighted by Gasteiger charge is -2.27. The Balaban J connectivity index is 1.36. The van der Waals surface area contributed by atoms with E-state index >= 15 is 0 Å². The maximum atomic E-state index is 4.76. The van der Waals surface area contributed by atoms with Crippen molar-refractivity contribution in [3.63, 3.8) is 0 Å². The SMILES string of the molecule is C=CCC/C=C/C1(c2ccccc2)C=C(CCC(=C)N(C/C=C\C=C(/C)C(=C)CCC2C=CC=CC2CCC=C)C(/C=C\Cc2ccc(C)c(/C=C\C)c2)=C/C)c2ccccc21. The first-order valence-electron chi connectivity index (χ1n) is 22.9. The number of hydrogen-bond donors (Lipinski definition) is 0. The highest BCUT2D eigenvalue weighted by molar-refractivity contribution is 5.80. The van der Waals surface area contributed by atoms with Crippen molar-refractivity contribution in [3.05, 3.63) is 252 Å². The van der Waals surface area contributed by atoms with Crippen LogP contribution in [0, 0.1) is 18.8 Å². The standard InChI is InChI=1S/C61H71N/c1-9-13-15-24-44-61(57-33-17-16-18-34-57)47-56(59-36-21-22-37-60(59)61)43-40-51(8)62(58(12-4)35-26-29-52-41-38-50(7)55(46-52)27-11-3)45-25-23-28-48(5)49(6)39-42-54-32-20-19-31-53(54)30-14-10-2/h9-12,16-28,31-38,41,44,46-47,53-54H,1-2,6,8,13-15,29-30,39-40,42-43,45H2,3-5,7H3/b25-23-,27-11-,35-26-,44-24+,48-28+,58-12+. The van der Waals surface area contributed by atoms with E-state index in [1.54, 1.807) is 0 Å². The highest BCUT2D eigenvalue weighted by Gasteiger charge is 2.37. The van der Waals surface area contributed by atoms with Crippen LogP contribution in [0.25, 0.3) is 11.6 Å². The number of fused-ring (bicyclic) bond motifs is 1. The van der Waals surface area contributed by atoms with Crippen LogP contribution in [0.5, 0.6) is 0 Å². The Bertz CT molecular complexity index is 2270. The number of allylic oxidation sites excluding steroid dienone is 19. The van der Waals surface area contributed by atoms with Crippen LogP contribution in [0.15, 0.2) is 219 Å². The van der Waals surface area contributed by atoms with Gasteiger partial charge in [-0.15, -0.1) is 13.2 Å².